The van der Waals surface area contributed by atoms with E-state index in [4.69, 9.17) is 9.84 Å². The number of carboxylic acids is 1. The number of aliphatic carboxylic acids is 1. The first-order valence-electron chi connectivity index (χ1n) is 8.73. The van der Waals surface area contributed by atoms with Gasteiger partial charge in [0.05, 0.1) is 12.8 Å². The van der Waals surface area contributed by atoms with E-state index >= 15 is 0 Å². The minimum absolute atomic E-state index is 0. The van der Waals surface area contributed by atoms with Crippen LogP contribution in [0.25, 0.3) is 5.57 Å². The third-order valence-corrected chi connectivity index (χ3v) is 4.67. The molecule has 0 amide bonds. The third kappa shape index (κ3) is 5.35. The Morgan fingerprint density at radius 2 is 1.62 bits per heavy atom. The van der Waals surface area contributed by atoms with Crippen molar-refractivity contribution in [2.24, 2.45) is 5.92 Å². The van der Waals surface area contributed by atoms with Crippen molar-refractivity contribution < 1.29 is 32.4 Å². The topological polar surface area (TPSA) is 63.1 Å². The average Bonchev–Trinajstić information content (AvgIpc) is 2.67. The molecule has 1 saturated heterocycles. The Labute approximate surface area is 160 Å². The second-order valence-electron chi connectivity index (χ2n) is 6.44. The van der Waals surface area contributed by atoms with Gasteiger partial charge in [-0.05, 0) is 17.5 Å². The summed E-state index contributed by atoms with van der Waals surface area (Å²) in [6.07, 6.45) is 3.44. The van der Waals surface area contributed by atoms with E-state index < -0.39 is 5.97 Å². The predicted octanol–water partition coefficient (Wildman–Crippen LogP) is -0.477. The Bertz CT molecular complexity index is 669. The van der Waals surface area contributed by atoms with Crippen molar-refractivity contribution in [1.82, 2.24) is 0 Å². The summed E-state index contributed by atoms with van der Waals surface area (Å²) < 4.78 is 5.90. The van der Waals surface area contributed by atoms with Gasteiger partial charge < -0.3 is 27.6 Å². The van der Waals surface area contributed by atoms with Gasteiger partial charge >= 0.3 is 5.97 Å². The second-order valence-corrected chi connectivity index (χ2v) is 6.44. The number of rotatable bonds is 6. The van der Waals surface area contributed by atoms with E-state index in [-0.39, 0.29) is 18.3 Å². The number of hydrogen-bond acceptors (Lipinski definition) is 2. The highest BCUT2D eigenvalue weighted by Gasteiger charge is 2.28. The van der Waals surface area contributed by atoms with Gasteiger partial charge in [0.1, 0.15) is 18.6 Å². The smallest absolute Gasteiger partial charge is 0.312 e. The molecule has 1 fully saturated rings. The van der Waals surface area contributed by atoms with Gasteiger partial charge in [0.2, 0.25) is 0 Å². The summed E-state index contributed by atoms with van der Waals surface area (Å²) in [5.74, 6) is -0.915. The van der Waals surface area contributed by atoms with Gasteiger partial charge in [0.15, 0.2) is 0 Å². The van der Waals surface area contributed by atoms with Crippen LogP contribution in [0.1, 0.15) is 24.0 Å². The van der Waals surface area contributed by atoms with Crippen molar-refractivity contribution in [3.63, 3.8) is 0 Å². The maximum absolute atomic E-state index is 11.0. The Kier molecular flexibility index (Phi) is 7.70. The molecule has 0 spiro atoms. The molecule has 3 N–H and O–H groups in total. The fourth-order valence-corrected chi connectivity index (χ4v) is 3.18. The van der Waals surface area contributed by atoms with Gasteiger partial charge in [0.25, 0.3) is 0 Å². The molecule has 138 valence electrons. The van der Waals surface area contributed by atoms with E-state index in [9.17, 15) is 4.79 Å². The molecule has 26 heavy (non-hydrogen) atoms. The Morgan fingerprint density at radius 1 is 1.04 bits per heavy atom. The normalized spacial score (nSPS) is 19.1. The number of carbonyl (C=O) groups is 1. The fraction of sp³-hybridized carbons (Fsp3) is 0.286. The molecule has 0 bridgehead atoms. The summed E-state index contributed by atoms with van der Waals surface area (Å²) in [4.78, 5) is 11.0. The number of benzene rings is 2. The third-order valence-electron chi connectivity index (χ3n) is 4.67. The largest absolute Gasteiger partial charge is 1.00 e. The van der Waals surface area contributed by atoms with Gasteiger partial charge in [0, 0.05) is 12.0 Å². The lowest BCUT2D eigenvalue weighted by atomic mass is 9.95. The first kappa shape index (κ1) is 20.0. The van der Waals surface area contributed by atoms with Gasteiger partial charge in [-0.15, -0.1) is 0 Å². The van der Waals surface area contributed by atoms with Crippen LogP contribution < -0.4 is 17.7 Å². The maximum atomic E-state index is 11.0. The van der Waals surface area contributed by atoms with Crippen molar-refractivity contribution >= 4 is 11.5 Å². The van der Waals surface area contributed by atoms with Crippen LogP contribution in [0.15, 0.2) is 66.9 Å². The molecule has 2 aromatic rings. The Morgan fingerprint density at radius 3 is 2.08 bits per heavy atom. The zero-order chi connectivity index (χ0) is 17.5. The SMILES string of the molecule is O=C(O)[C@@H]1CC[C@H](COC=C(c2ccccc2)c2ccccc2)[NH2+]C1.[Cl-]. The summed E-state index contributed by atoms with van der Waals surface area (Å²) in [6.45, 7) is 1.23. The monoisotopic (exact) mass is 373 g/mol. The lowest BCUT2D eigenvalue weighted by Crippen LogP contribution is -3.00. The summed E-state index contributed by atoms with van der Waals surface area (Å²) in [5, 5.41) is 11.2. The predicted molar refractivity (Wildman–Crippen MR) is 96.9 cm³/mol. The number of piperidine rings is 1. The lowest BCUT2D eigenvalue weighted by Gasteiger charge is -2.24. The van der Waals surface area contributed by atoms with E-state index in [0.29, 0.717) is 19.2 Å². The van der Waals surface area contributed by atoms with E-state index in [1.54, 1.807) is 0 Å². The van der Waals surface area contributed by atoms with Crippen molar-refractivity contribution in [2.45, 2.75) is 18.9 Å². The van der Waals surface area contributed by atoms with Crippen LogP contribution in [0.3, 0.4) is 0 Å². The summed E-state index contributed by atoms with van der Waals surface area (Å²) in [7, 11) is 0. The Hall–Kier alpha value is -2.30. The molecule has 0 saturated carbocycles. The Balaban J connectivity index is 0.00000243. The number of quaternary nitrogens is 1. The van der Waals surface area contributed by atoms with Gasteiger partial charge in [-0.3, -0.25) is 4.79 Å². The highest BCUT2D eigenvalue weighted by molar-refractivity contribution is 5.78. The highest BCUT2D eigenvalue weighted by Crippen LogP contribution is 2.23. The first-order valence-corrected chi connectivity index (χ1v) is 8.73. The number of ether oxygens (including phenoxy) is 1. The molecule has 0 aromatic heterocycles. The molecule has 2 atom stereocenters. The van der Waals surface area contributed by atoms with Crippen molar-refractivity contribution in [3.8, 4) is 0 Å². The van der Waals surface area contributed by atoms with Gasteiger partial charge in [-0.2, -0.15) is 0 Å². The lowest BCUT2D eigenvalue weighted by molar-refractivity contribution is -0.702. The molecule has 2 aromatic carbocycles. The number of nitrogens with two attached hydrogens (primary N) is 1. The minimum atomic E-state index is -0.689. The number of hydrogen-bond donors (Lipinski definition) is 2. The molecule has 1 aliphatic heterocycles. The van der Waals surface area contributed by atoms with E-state index in [1.165, 1.54) is 0 Å². The standard InChI is InChI=1S/C21H23NO3.ClH/c23-21(24)18-11-12-19(22-13-18)14-25-15-20(16-7-3-1-4-8-16)17-9-5-2-6-10-17;/h1-10,15,18-19,22H,11-14H2,(H,23,24);1H/t18-,19-;/m1./s1. The molecule has 5 heteroatoms. The molecule has 1 aliphatic rings. The van der Waals surface area contributed by atoms with Crippen molar-refractivity contribution in [2.75, 3.05) is 13.2 Å². The van der Waals surface area contributed by atoms with E-state index in [2.05, 4.69) is 29.6 Å². The van der Waals surface area contributed by atoms with Crippen molar-refractivity contribution in [1.29, 1.82) is 0 Å². The number of carboxylic acid groups (broad SMARTS) is 1. The second kappa shape index (κ2) is 10.00. The highest BCUT2D eigenvalue weighted by atomic mass is 35.5. The molecule has 1 heterocycles. The van der Waals surface area contributed by atoms with Crippen LogP contribution in [-0.4, -0.2) is 30.3 Å². The molecule has 0 aliphatic carbocycles. The summed E-state index contributed by atoms with van der Waals surface area (Å²) >= 11 is 0. The maximum Gasteiger partial charge on any atom is 0.312 e. The average molecular weight is 374 g/mol. The van der Waals surface area contributed by atoms with E-state index in [0.717, 1.165) is 29.5 Å². The van der Waals surface area contributed by atoms with Crippen LogP contribution in [0, 0.1) is 5.92 Å². The molecule has 0 radical (unpaired) electrons. The van der Waals surface area contributed by atoms with E-state index in [1.807, 2.05) is 42.7 Å². The van der Waals surface area contributed by atoms with Crippen LogP contribution in [-0.2, 0) is 9.53 Å². The van der Waals surface area contributed by atoms with Crippen LogP contribution in [0.4, 0.5) is 0 Å². The zero-order valence-electron chi connectivity index (χ0n) is 14.6. The zero-order valence-corrected chi connectivity index (χ0v) is 15.3. The summed E-state index contributed by atoms with van der Waals surface area (Å²) in [5.41, 5.74) is 3.29. The molecule has 4 nitrogen and oxygen atoms in total. The molecular formula is C21H24ClNO3. The molecule has 0 unspecified atom stereocenters. The van der Waals surface area contributed by atoms with Gasteiger partial charge in [-0.1, -0.05) is 60.7 Å². The van der Waals surface area contributed by atoms with Crippen molar-refractivity contribution in [3.05, 3.63) is 78.1 Å². The number of halogens is 1. The molecular weight excluding hydrogens is 350 g/mol. The first-order chi connectivity index (χ1) is 12.2. The van der Waals surface area contributed by atoms with Gasteiger partial charge in [-0.25, -0.2) is 0 Å². The minimum Gasteiger partial charge on any atom is -1.00 e. The fourth-order valence-electron chi connectivity index (χ4n) is 3.18. The summed E-state index contributed by atoms with van der Waals surface area (Å²) in [6, 6.07) is 20.7. The molecule has 3 rings (SSSR count). The quantitative estimate of drug-likeness (QED) is 0.672. The van der Waals surface area contributed by atoms with Crippen LogP contribution in [0.5, 0.6) is 0 Å². The van der Waals surface area contributed by atoms with Crippen LogP contribution in [0.2, 0.25) is 0 Å². The van der Waals surface area contributed by atoms with Crippen LogP contribution >= 0.6 is 0 Å².